The van der Waals surface area contributed by atoms with Gasteiger partial charge in [-0.3, -0.25) is 0 Å². The zero-order valence-electron chi connectivity index (χ0n) is 12.2. The molecular weight excluding hydrogens is 319 g/mol. The van der Waals surface area contributed by atoms with Crippen LogP contribution in [0, 0.1) is 0 Å². The first-order chi connectivity index (χ1) is 10.4. The Hall–Kier alpha value is -1.35. The van der Waals surface area contributed by atoms with Crippen LogP contribution in [-0.2, 0) is 10.9 Å². The van der Waals surface area contributed by atoms with Crippen molar-refractivity contribution in [1.82, 2.24) is 15.2 Å². The number of hydrogen-bond donors (Lipinski definition) is 1. The van der Waals surface area contributed by atoms with E-state index in [1.54, 1.807) is 12.0 Å². The van der Waals surface area contributed by atoms with Crippen molar-refractivity contribution in [3.8, 4) is 0 Å². The van der Waals surface area contributed by atoms with E-state index in [4.69, 9.17) is 4.74 Å². The Morgan fingerprint density at radius 3 is 3.00 bits per heavy atom. The van der Waals surface area contributed by atoms with Crippen LogP contribution in [0.4, 0.5) is 18.0 Å². The third kappa shape index (κ3) is 4.33. The number of nitrogens with one attached hydrogen (secondary N) is 1. The van der Waals surface area contributed by atoms with Crippen molar-refractivity contribution in [2.45, 2.75) is 24.9 Å². The lowest BCUT2D eigenvalue weighted by molar-refractivity contribution is -0.140. The quantitative estimate of drug-likeness (QED) is 0.860. The molecule has 1 aliphatic rings. The monoisotopic (exact) mass is 337 g/mol. The van der Waals surface area contributed by atoms with Crippen LogP contribution in [-0.4, -0.2) is 49.3 Å². The summed E-state index contributed by atoms with van der Waals surface area (Å²) < 4.78 is 42.7. The van der Waals surface area contributed by atoms with E-state index in [1.165, 1.54) is 0 Å². The third-order valence-corrected chi connectivity index (χ3v) is 4.46. The summed E-state index contributed by atoms with van der Waals surface area (Å²) in [6, 6.07) is -0.214. The zero-order valence-corrected chi connectivity index (χ0v) is 13.0. The van der Waals surface area contributed by atoms with Crippen molar-refractivity contribution < 1.29 is 22.7 Å². The number of likely N-dealkylation sites (tertiary alicyclic amines) is 1. The van der Waals surface area contributed by atoms with E-state index in [-0.39, 0.29) is 11.9 Å². The Kier molecular flexibility index (Phi) is 5.63. The Morgan fingerprint density at radius 2 is 2.36 bits per heavy atom. The summed E-state index contributed by atoms with van der Waals surface area (Å²) in [7, 11) is 1.55. The smallest absolute Gasteiger partial charge is 0.383 e. The van der Waals surface area contributed by atoms with E-state index in [1.807, 2.05) is 0 Å². The number of alkyl halides is 3. The van der Waals surface area contributed by atoms with Crippen LogP contribution in [0.25, 0.3) is 0 Å². The van der Waals surface area contributed by atoms with Crippen molar-refractivity contribution in [1.29, 1.82) is 0 Å². The molecule has 0 spiro atoms. The molecule has 22 heavy (non-hydrogen) atoms. The number of thiazole rings is 1. The number of urea groups is 1. The molecule has 2 rings (SSSR count). The van der Waals surface area contributed by atoms with Gasteiger partial charge in [0, 0.05) is 38.0 Å². The molecule has 0 bridgehead atoms. The Bertz CT molecular complexity index is 507. The lowest BCUT2D eigenvalue weighted by Gasteiger charge is -2.31. The Balaban J connectivity index is 1.95. The first-order valence-corrected chi connectivity index (χ1v) is 7.84. The lowest BCUT2D eigenvalue weighted by Crippen LogP contribution is -2.45. The van der Waals surface area contributed by atoms with E-state index in [2.05, 4.69) is 10.3 Å². The van der Waals surface area contributed by atoms with Gasteiger partial charge in [0.15, 0.2) is 5.69 Å². The van der Waals surface area contributed by atoms with Gasteiger partial charge in [0.2, 0.25) is 0 Å². The molecule has 0 saturated carbocycles. The highest BCUT2D eigenvalue weighted by molar-refractivity contribution is 7.09. The second-order valence-electron chi connectivity index (χ2n) is 5.08. The minimum absolute atomic E-state index is 0.136. The normalized spacial score (nSPS) is 19.3. The molecule has 1 unspecified atom stereocenters. The van der Waals surface area contributed by atoms with Crippen molar-refractivity contribution in [2.75, 3.05) is 33.4 Å². The number of carbonyl (C=O) groups is 1. The first-order valence-electron chi connectivity index (χ1n) is 6.96. The molecule has 124 valence electrons. The van der Waals surface area contributed by atoms with Crippen LogP contribution in [0.2, 0.25) is 0 Å². The maximum absolute atomic E-state index is 12.6. The summed E-state index contributed by atoms with van der Waals surface area (Å²) in [5.74, 6) is -0.136. The minimum atomic E-state index is -4.42. The molecule has 1 aromatic heterocycles. The van der Waals surface area contributed by atoms with Crippen LogP contribution in [0.1, 0.15) is 29.5 Å². The molecular formula is C13H18F3N3O2S. The third-order valence-electron chi connectivity index (χ3n) is 3.45. The van der Waals surface area contributed by atoms with Gasteiger partial charge < -0.3 is 15.0 Å². The van der Waals surface area contributed by atoms with Crippen LogP contribution in [0.5, 0.6) is 0 Å². The summed E-state index contributed by atoms with van der Waals surface area (Å²) in [5, 5.41) is 4.20. The zero-order chi connectivity index (χ0) is 16.2. The molecule has 1 fully saturated rings. The number of halogens is 3. The highest BCUT2D eigenvalue weighted by Gasteiger charge is 2.35. The number of hydrogen-bond acceptors (Lipinski definition) is 4. The number of methoxy groups -OCH3 is 1. The predicted molar refractivity (Wildman–Crippen MR) is 75.9 cm³/mol. The summed E-state index contributed by atoms with van der Waals surface area (Å²) in [6.07, 6.45) is -2.92. The second-order valence-corrected chi connectivity index (χ2v) is 5.97. The minimum Gasteiger partial charge on any atom is -0.383 e. The molecule has 0 aliphatic carbocycles. The van der Waals surface area contributed by atoms with Gasteiger partial charge in [-0.1, -0.05) is 0 Å². The Morgan fingerprint density at radius 1 is 1.59 bits per heavy atom. The number of carbonyl (C=O) groups excluding carboxylic acids is 1. The molecule has 1 atom stereocenters. The maximum atomic E-state index is 12.6. The first kappa shape index (κ1) is 17.0. The summed E-state index contributed by atoms with van der Waals surface area (Å²) >= 11 is 1.01. The number of piperidine rings is 1. The summed E-state index contributed by atoms with van der Waals surface area (Å²) in [4.78, 5) is 17.3. The second kappa shape index (κ2) is 7.28. The van der Waals surface area contributed by atoms with Crippen molar-refractivity contribution in [3.63, 3.8) is 0 Å². The SMILES string of the molecule is COCCNC(=O)N1CCCC(c2nc(C(F)(F)F)cs2)C1. The summed E-state index contributed by atoms with van der Waals surface area (Å²) in [6.45, 7) is 1.83. The Labute approximate surface area is 130 Å². The van der Waals surface area contributed by atoms with Gasteiger partial charge in [-0.15, -0.1) is 11.3 Å². The van der Waals surface area contributed by atoms with E-state index >= 15 is 0 Å². The number of aromatic nitrogens is 1. The highest BCUT2D eigenvalue weighted by atomic mass is 32.1. The molecule has 1 aliphatic heterocycles. The fourth-order valence-corrected chi connectivity index (χ4v) is 3.29. The fraction of sp³-hybridized carbons (Fsp3) is 0.692. The van der Waals surface area contributed by atoms with Gasteiger partial charge in [0.25, 0.3) is 0 Å². The van der Waals surface area contributed by atoms with Gasteiger partial charge in [0.05, 0.1) is 11.6 Å². The van der Waals surface area contributed by atoms with Gasteiger partial charge >= 0.3 is 12.2 Å². The molecule has 1 N–H and O–H groups in total. The van der Waals surface area contributed by atoms with E-state index in [0.29, 0.717) is 31.2 Å². The maximum Gasteiger partial charge on any atom is 0.434 e. The summed E-state index contributed by atoms with van der Waals surface area (Å²) in [5.41, 5.74) is -0.853. The molecule has 2 amide bonds. The number of rotatable bonds is 4. The van der Waals surface area contributed by atoms with Gasteiger partial charge in [-0.2, -0.15) is 13.2 Å². The molecule has 1 saturated heterocycles. The van der Waals surface area contributed by atoms with E-state index in [9.17, 15) is 18.0 Å². The molecule has 5 nitrogen and oxygen atoms in total. The molecule has 0 radical (unpaired) electrons. The van der Waals surface area contributed by atoms with Gasteiger partial charge in [0.1, 0.15) is 0 Å². The standard InChI is InChI=1S/C13H18F3N3O2S/c1-21-6-4-17-12(20)19-5-2-3-9(7-19)11-18-10(8-22-11)13(14,15)16/h8-9H,2-7H2,1H3,(H,17,20). The highest BCUT2D eigenvalue weighted by Crippen LogP contribution is 2.34. The largest absolute Gasteiger partial charge is 0.434 e. The fourth-order valence-electron chi connectivity index (χ4n) is 2.34. The average Bonchev–Trinajstić information content (AvgIpc) is 2.97. The number of nitrogens with zero attached hydrogens (tertiary/aromatic N) is 2. The molecule has 0 aromatic carbocycles. The van der Waals surface area contributed by atoms with Crippen LogP contribution < -0.4 is 5.32 Å². The van der Waals surface area contributed by atoms with Gasteiger partial charge in [-0.25, -0.2) is 9.78 Å². The van der Waals surface area contributed by atoms with E-state index in [0.717, 1.165) is 29.6 Å². The van der Waals surface area contributed by atoms with Crippen LogP contribution >= 0.6 is 11.3 Å². The van der Waals surface area contributed by atoms with Crippen molar-refractivity contribution in [2.24, 2.45) is 0 Å². The van der Waals surface area contributed by atoms with Crippen molar-refractivity contribution in [3.05, 3.63) is 16.1 Å². The lowest BCUT2D eigenvalue weighted by atomic mass is 9.99. The predicted octanol–water partition coefficient (Wildman–Crippen LogP) is 2.70. The number of ether oxygens (including phenoxy) is 1. The van der Waals surface area contributed by atoms with Gasteiger partial charge in [-0.05, 0) is 12.8 Å². The van der Waals surface area contributed by atoms with Crippen LogP contribution in [0.15, 0.2) is 5.38 Å². The van der Waals surface area contributed by atoms with Crippen molar-refractivity contribution >= 4 is 17.4 Å². The molecule has 2 heterocycles. The molecule has 1 aromatic rings. The number of amides is 2. The molecule has 9 heteroatoms. The topological polar surface area (TPSA) is 54.5 Å². The average molecular weight is 337 g/mol. The van der Waals surface area contributed by atoms with E-state index < -0.39 is 11.9 Å². The van der Waals surface area contributed by atoms with Crippen LogP contribution in [0.3, 0.4) is 0 Å².